The number of aliphatic imine (C=N–C) groups is 1. The number of anilines is 2. The Hall–Kier alpha value is -3.90. The van der Waals surface area contributed by atoms with E-state index in [-0.39, 0.29) is 5.88 Å². The van der Waals surface area contributed by atoms with E-state index >= 15 is 0 Å². The molecule has 1 aliphatic heterocycles. The van der Waals surface area contributed by atoms with Crippen molar-refractivity contribution in [2.45, 2.75) is 6.92 Å². The second-order valence-electron chi connectivity index (χ2n) is 7.44. The molecular weight excluding hydrogens is 418 g/mol. The van der Waals surface area contributed by atoms with Gasteiger partial charge in [-0.1, -0.05) is 71.5 Å². The van der Waals surface area contributed by atoms with Crippen LogP contribution in [0.15, 0.2) is 77.8 Å². The SMILES string of the molecule is COc1cccc2c1N=C(c1ccccc1)C2=Cc1sc(Nc2ccc(C)cc2)nc1O. The number of nitrogens with zero attached hydrogens (tertiary/aromatic N) is 2. The van der Waals surface area contributed by atoms with Gasteiger partial charge in [0.1, 0.15) is 11.4 Å². The number of thiazole rings is 1. The van der Waals surface area contributed by atoms with Crippen LogP contribution in [-0.2, 0) is 0 Å². The maximum absolute atomic E-state index is 10.6. The number of allylic oxidation sites excluding steroid dienone is 1. The van der Waals surface area contributed by atoms with Gasteiger partial charge in [-0.15, -0.1) is 0 Å². The number of aromatic hydroxyl groups is 1. The van der Waals surface area contributed by atoms with Crippen molar-refractivity contribution in [1.82, 2.24) is 4.98 Å². The summed E-state index contributed by atoms with van der Waals surface area (Å²) in [4.78, 5) is 9.87. The Kier molecular flexibility index (Phi) is 5.21. The Bertz CT molecular complexity index is 1340. The standard InChI is InChI=1S/C26H21N3O2S/c1-16-11-13-18(14-12-16)27-26-29-25(30)22(32-26)15-20-19-9-6-10-21(31-2)24(19)28-23(20)17-7-4-3-5-8-17/h3-15,30H,1-2H3,(H,27,29). The molecule has 0 saturated carbocycles. The summed E-state index contributed by atoms with van der Waals surface area (Å²) in [6.07, 6.45) is 1.95. The third-order valence-corrected chi connectivity index (χ3v) is 6.15. The number of hydrogen-bond donors (Lipinski definition) is 2. The van der Waals surface area contributed by atoms with Crippen LogP contribution in [0.4, 0.5) is 16.5 Å². The van der Waals surface area contributed by atoms with Gasteiger partial charge in [0.05, 0.1) is 17.7 Å². The third kappa shape index (κ3) is 3.76. The number of benzene rings is 3. The minimum Gasteiger partial charge on any atom is -0.494 e. The Balaban J connectivity index is 1.57. The van der Waals surface area contributed by atoms with Gasteiger partial charge in [-0.05, 0) is 31.2 Å². The molecule has 0 atom stereocenters. The van der Waals surface area contributed by atoms with Crippen LogP contribution in [0, 0.1) is 6.92 Å². The first-order valence-corrected chi connectivity index (χ1v) is 11.0. The van der Waals surface area contributed by atoms with Crippen molar-refractivity contribution in [3.8, 4) is 11.6 Å². The zero-order valence-electron chi connectivity index (χ0n) is 17.7. The number of fused-ring (bicyclic) bond motifs is 1. The Labute approximate surface area is 190 Å². The lowest BCUT2D eigenvalue weighted by Gasteiger charge is -2.06. The Morgan fingerprint density at radius 2 is 1.75 bits per heavy atom. The number of aryl methyl sites for hydroxylation is 1. The normalized spacial score (nSPS) is 13.7. The quantitative estimate of drug-likeness (QED) is 0.368. The van der Waals surface area contributed by atoms with Crippen LogP contribution < -0.4 is 10.1 Å². The smallest absolute Gasteiger partial charge is 0.231 e. The van der Waals surface area contributed by atoms with Gasteiger partial charge in [0.2, 0.25) is 5.88 Å². The van der Waals surface area contributed by atoms with Crippen LogP contribution in [0.2, 0.25) is 0 Å². The van der Waals surface area contributed by atoms with Crippen LogP contribution in [0.5, 0.6) is 11.6 Å². The Morgan fingerprint density at radius 1 is 0.969 bits per heavy atom. The average Bonchev–Trinajstić information content (AvgIpc) is 3.36. The molecule has 0 radical (unpaired) electrons. The monoisotopic (exact) mass is 439 g/mol. The van der Waals surface area contributed by atoms with Crippen molar-refractivity contribution in [1.29, 1.82) is 0 Å². The Morgan fingerprint density at radius 3 is 2.50 bits per heavy atom. The predicted octanol–water partition coefficient (Wildman–Crippen LogP) is 6.58. The first-order chi connectivity index (χ1) is 15.6. The van der Waals surface area contributed by atoms with E-state index in [4.69, 9.17) is 9.73 Å². The summed E-state index contributed by atoms with van der Waals surface area (Å²) in [6.45, 7) is 2.05. The molecule has 3 aromatic carbocycles. The van der Waals surface area contributed by atoms with Crippen LogP contribution >= 0.6 is 11.3 Å². The second-order valence-corrected chi connectivity index (χ2v) is 8.47. The van der Waals surface area contributed by atoms with Crippen LogP contribution in [0.1, 0.15) is 21.6 Å². The zero-order valence-corrected chi connectivity index (χ0v) is 18.5. The van der Waals surface area contributed by atoms with E-state index in [0.717, 1.165) is 39.5 Å². The molecule has 158 valence electrons. The number of aromatic nitrogens is 1. The van der Waals surface area contributed by atoms with E-state index in [9.17, 15) is 5.11 Å². The highest BCUT2D eigenvalue weighted by molar-refractivity contribution is 7.16. The molecule has 32 heavy (non-hydrogen) atoms. The summed E-state index contributed by atoms with van der Waals surface area (Å²) < 4.78 is 5.54. The van der Waals surface area contributed by atoms with Crippen LogP contribution in [0.25, 0.3) is 11.6 Å². The van der Waals surface area contributed by atoms with Gasteiger partial charge in [-0.2, -0.15) is 4.98 Å². The summed E-state index contributed by atoms with van der Waals surface area (Å²) in [5.41, 5.74) is 6.62. The molecule has 5 nitrogen and oxygen atoms in total. The van der Waals surface area contributed by atoms with Crippen molar-refractivity contribution in [3.05, 3.63) is 94.4 Å². The molecule has 2 N–H and O–H groups in total. The molecule has 0 fully saturated rings. The van der Waals surface area contributed by atoms with Crippen molar-refractivity contribution in [2.24, 2.45) is 4.99 Å². The first-order valence-electron chi connectivity index (χ1n) is 10.2. The molecule has 1 aromatic heterocycles. The van der Waals surface area contributed by atoms with E-state index in [2.05, 4.69) is 10.3 Å². The maximum Gasteiger partial charge on any atom is 0.231 e. The van der Waals surface area contributed by atoms with Crippen LogP contribution in [0.3, 0.4) is 0 Å². The molecule has 5 rings (SSSR count). The number of para-hydroxylation sites is 1. The third-order valence-electron chi connectivity index (χ3n) is 5.25. The summed E-state index contributed by atoms with van der Waals surface area (Å²) in [5.74, 6) is 0.704. The first kappa shape index (κ1) is 20.0. The fourth-order valence-electron chi connectivity index (χ4n) is 3.64. The predicted molar refractivity (Wildman–Crippen MR) is 132 cm³/mol. The largest absolute Gasteiger partial charge is 0.494 e. The lowest BCUT2D eigenvalue weighted by atomic mass is 9.97. The highest BCUT2D eigenvalue weighted by atomic mass is 32.1. The highest BCUT2D eigenvalue weighted by Gasteiger charge is 2.25. The topological polar surface area (TPSA) is 66.7 Å². The van der Waals surface area contributed by atoms with Crippen molar-refractivity contribution >= 4 is 45.2 Å². The van der Waals surface area contributed by atoms with E-state index in [1.807, 2.05) is 85.8 Å². The van der Waals surface area contributed by atoms with Gasteiger partial charge in [-0.3, -0.25) is 0 Å². The van der Waals surface area contributed by atoms with Gasteiger partial charge in [-0.25, -0.2) is 4.99 Å². The summed E-state index contributed by atoms with van der Waals surface area (Å²) in [6, 6.07) is 23.9. The van der Waals surface area contributed by atoms with Gasteiger partial charge < -0.3 is 15.2 Å². The fraction of sp³-hybridized carbons (Fsp3) is 0.0769. The molecule has 2 heterocycles. The molecule has 0 amide bonds. The number of nitrogens with one attached hydrogen (secondary N) is 1. The minimum absolute atomic E-state index is 0.0131. The molecule has 0 unspecified atom stereocenters. The highest BCUT2D eigenvalue weighted by Crippen LogP contribution is 2.45. The summed E-state index contributed by atoms with van der Waals surface area (Å²) >= 11 is 1.39. The molecule has 0 bridgehead atoms. The molecule has 0 saturated heterocycles. The van der Waals surface area contributed by atoms with Gasteiger partial charge in [0, 0.05) is 22.4 Å². The maximum atomic E-state index is 10.6. The number of rotatable bonds is 5. The molecule has 0 spiro atoms. The number of ether oxygens (including phenoxy) is 1. The second kappa shape index (κ2) is 8.32. The van der Waals surface area contributed by atoms with E-state index in [1.165, 1.54) is 16.9 Å². The van der Waals surface area contributed by atoms with Gasteiger partial charge in [0.15, 0.2) is 5.13 Å². The summed E-state index contributed by atoms with van der Waals surface area (Å²) in [5, 5.41) is 14.5. The van der Waals surface area contributed by atoms with Crippen molar-refractivity contribution < 1.29 is 9.84 Å². The van der Waals surface area contributed by atoms with Crippen LogP contribution in [-0.4, -0.2) is 22.9 Å². The van der Waals surface area contributed by atoms with Crippen molar-refractivity contribution in [2.75, 3.05) is 12.4 Å². The van der Waals surface area contributed by atoms with Crippen molar-refractivity contribution in [3.63, 3.8) is 0 Å². The van der Waals surface area contributed by atoms with E-state index < -0.39 is 0 Å². The number of methoxy groups -OCH3 is 1. The minimum atomic E-state index is -0.0131. The average molecular weight is 440 g/mol. The molecule has 1 aliphatic rings. The lowest BCUT2D eigenvalue weighted by molar-refractivity contribution is 0.416. The lowest BCUT2D eigenvalue weighted by Crippen LogP contribution is -1.99. The van der Waals surface area contributed by atoms with E-state index in [1.54, 1.807) is 7.11 Å². The summed E-state index contributed by atoms with van der Waals surface area (Å²) in [7, 11) is 1.65. The molecule has 0 aliphatic carbocycles. The van der Waals surface area contributed by atoms with Gasteiger partial charge in [0.25, 0.3) is 0 Å². The van der Waals surface area contributed by atoms with E-state index in [0.29, 0.717) is 10.0 Å². The molecular formula is C26H21N3O2S. The number of hydrogen-bond acceptors (Lipinski definition) is 6. The molecule has 4 aromatic rings. The zero-order chi connectivity index (χ0) is 22.1. The molecule has 6 heteroatoms. The fourth-order valence-corrected chi connectivity index (χ4v) is 4.47. The van der Waals surface area contributed by atoms with Gasteiger partial charge >= 0.3 is 0 Å².